The van der Waals surface area contributed by atoms with Crippen LogP contribution in [0.5, 0.6) is 0 Å². The van der Waals surface area contributed by atoms with E-state index in [0.717, 1.165) is 6.42 Å². The summed E-state index contributed by atoms with van der Waals surface area (Å²) in [6.07, 6.45) is 0.780. The summed E-state index contributed by atoms with van der Waals surface area (Å²) in [5, 5.41) is 11.2. The van der Waals surface area contributed by atoms with Crippen molar-refractivity contribution < 1.29 is 14.6 Å². The zero-order valence-electron chi connectivity index (χ0n) is 9.30. The van der Waals surface area contributed by atoms with Crippen LogP contribution in [0.1, 0.15) is 27.2 Å². The fraction of sp³-hybridized carbons (Fsp3) is 0.900. The average Bonchev–Trinajstić information content (AvgIpc) is 2.09. The van der Waals surface area contributed by atoms with Crippen molar-refractivity contribution in [3.63, 3.8) is 0 Å². The zero-order valence-corrected chi connectivity index (χ0v) is 9.30. The van der Waals surface area contributed by atoms with E-state index in [0.29, 0.717) is 19.8 Å². The molecule has 0 aliphatic rings. The Morgan fingerprint density at radius 2 is 2.00 bits per heavy atom. The normalized spacial score (nSPS) is 11.4. The van der Waals surface area contributed by atoms with E-state index in [4.69, 9.17) is 9.84 Å². The van der Waals surface area contributed by atoms with E-state index in [2.05, 4.69) is 5.32 Å². The molecule has 4 nitrogen and oxygen atoms in total. The van der Waals surface area contributed by atoms with E-state index >= 15 is 0 Å². The molecule has 0 saturated carbocycles. The first-order valence-electron chi connectivity index (χ1n) is 4.95. The molecule has 0 saturated heterocycles. The molecule has 0 bridgehead atoms. The summed E-state index contributed by atoms with van der Waals surface area (Å²) in [6.45, 7) is 7.26. The number of rotatable bonds is 6. The van der Waals surface area contributed by atoms with Crippen LogP contribution in [0, 0.1) is 5.41 Å². The lowest BCUT2D eigenvalue weighted by molar-refractivity contribution is -0.128. The Balaban J connectivity index is 3.33. The summed E-state index contributed by atoms with van der Waals surface area (Å²) in [4.78, 5) is 11.4. The van der Waals surface area contributed by atoms with Gasteiger partial charge >= 0.3 is 0 Å². The van der Waals surface area contributed by atoms with Crippen LogP contribution in [-0.4, -0.2) is 37.4 Å². The highest BCUT2D eigenvalue weighted by molar-refractivity contribution is 5.81. The molecule has 0 aromatic carbocycles. The van der Waals surface area contributed by atoms with Gasteiger partial charge in [0.05, 0.1) is 13.2 Å². The van der Waals surface area contributed by atoms with Gasteiger partial charge in [-0.2, -0.15) is 0 Å². The quantitative estimate of drug-likeness (QED) is 0.620. The molecule has 0 aromatic heterocycles. The van der Waals surface area contributed by atoms with Crippen LogP contribution in [0.25, 0.3) is 0 Å². The maximum atomic E-state index is 11.4. The monoisotopic (exact) mass is 203 g/mol. The minimum absolute atomic E-state index is 0.0500. The van der Waals surface area contributed by atoms with Gasteiger partial charge in [0.1, 0.15) is 0 Å². The van der Waals surface area contributed by atoms with Crippen LogP contribution in [0.4, 0.5) is 0 Å². The van der Waals surface area contributed by atoms with Crippen LogP contribution in [0.2, 0.25) is 0 Å². The predicted octanol–water partition coefficient (Wildman–Crippen LogP) is 0.548. The third kappa shape index (κ3) is 6.86. The Bertz CT molecular complexity index is 163. The van der Waals surface area contributed by atoms with Gasteiger partial charge in [-0.1, -0.05) is 20.8 Å². The maximum absolute atomic E-state index is 11.4. The van der Waals surface area contributed by atoms with Gasteiger partial charge in [-0.25, -0.2) is 0 Å². The standard InChI is InChI=1S/C10H21NO3/c1-10(2,3)9(13)11-5-4-7-14-8-6-12/h12H,4-8H2,1-3H3,(H,11,13). The summed E-state index contributed by atoms with van der Waals surface area (Å²) in [5.41, 5.74) is -0.327. The van der Waals surface area contributed by atoms with Crippen molar-refractivity contribution in [3.05, 3.63) is 0 Å². The van der Waals surface area contributed by atoms with Crippen molar-refractivity contribution in [2.24, 2.45) is 5.41 Å². The number of aliphatic hydroxyl groups excluding tert-OH is 1. The summed E-state index contributed by atoms with van der Waals surface area (Å²) < 4.78 is 5.05. The Labute approximate surface area is 85.6 Å². The molecule has 0 rings (SSSR count). The fourth-order valence-electron chi connectivity index (χ4n) is 0.808. The number of carbonyl (C=O) groups excluding carboxylic acids is 1. The third-order valence-electron chi connectivity index (χ3n) is 1.67. The number of aliphatic hydroxyl groups is 1. The second kappa shape index (κ2) is 6.79. The van der Waals surface area contributed by atoms with Gasteiger partial charge in [0.15, 0.2) is 0 Å². The van der Waals surface area contributed by atoms with Crippen molar-refractivity contribution in [2.45, 2.75) is 27.2 Å². The van der Waals surface area contributed by atoms with Crippen molar-refractivity contribution in [3.8, 4) is 0 Å². The highest BCUT2D eigenvalue weighted by Gasteiger charge is 2.19. The van der Waals surface area contributed by atoms with Crippen molar-refractivity contribution in [1.29, 1.82) is 0 Å². The molecule has 2 N–H and O–H groups in total. The van der Waals surface area contributed by atoms with Gasteiger partial charge in [0, 0.05) is 18.6 Å². The molecule has 0 aromatic rings. The first-order chi connectivity index (χ1) is 6.48. The Hall–Kier alpha value is -0.610. The lowest BCUT2D eigenvalue weighted by atomic mass is 9.96. The minimum atomic E-state index is -0.327. The van der Waals surface area contributed by atoms with E-state index < -0.39 is 0 Å². The van der Waals surface area contributed by atoms with Gasteiger partial charge in [-0.3, -0.25) is 4.79 Å². The van der Waals surface area contributed by atoms with Gasteiger partial charge in [0.25, 0.3) is 0 Å². The molecular weight excluding hydrogens is 182 g/mol. The summed E-state index contributed by atoms with van der Waals surface area (Å²) in [7, 11) is 0. The summed E-state index contributed by atoms with van der Waals surface area (Å²) in [6, 6.07) is 0. The number of ether oxygens (including phenoxy) is 1. The molecule has 0 unspecified atom stereocenters. The number of amides is 1. The molecule has 0 atom stereocenters. The topological polar surface area (TPSA) is 58.6 Å². The van der Waals surface area contributed by atoms with Gasteiger partial charge in [0.2, 0.25) is 5.91 Å². The Morgan fingerprint density at radius 1 is 1.36 bits per heavy atom. The first-order valence-corrected chi connectivity index (χ1v) is 4.95. The van der Waals surface area contributed by atoms with Crippen LogP contribution in [0.15, 0.2) is 0 Å². The molecule has 0 aliphatic heterocycles. The maximum Gasteiger partial charge on any atom is 0.225 e. The van der Waals surface area contributed by atoms with Gasteiger partial charge in [-0.15, -0.1) is 0 Å². The molecule has 0 spiro atoms. The number of nitrogens with one attached hydrogen (secondary N) is 1. The SMILES string of the molecule is CC(C)(C)C(=O)NCCCOCCO. The Morgan fingerprint density at radius 3 is 2.50 bits per heavy atom. The lowest BCUT2D eigenvalue weighted by Crippen LogP contribution is -2.35. The second-order valence-electron chi connectivity index (χ2n) is 4.20. The van der Waals surface area contributed by atoms with E-state index in [-0.39, 0.29) is 17.9 Å². The number of hydrogen-bond donors (Lipinski definition) is 2. The van der Waals surface area contributed by atoms with Crippen LogP contribution >= 0.6 is 0 Å². The minimum Gasteiger partial charge on any atom is -0.394 e. The van der Waals surface area contributed by atoms with Crippen molar-refractivity contribution in [1.82, 2.24) is 5.32 Å². The molecule has 0 heterocycles. The molecule has 4 heteroatoms. The molecule has 0 radical (unpaired) electrons. The predicted molar refractivity (Wildman–Crippen MR) is 55.0 cm³/mol. The van der Waals surface area contributed by atoms with Crippen LogP contribution in [0.3, 0.4) is 0 Å². The molecule has 14 heavy (non-hydrogen) atoms. The first kappa shape index (κ1) is 13.4. The molecule has 1 amide bonds. The Kier molecular flexibility index (Phi) is 6.49. The lowest BCUT2D eigenvalue weighted by Gasteiger charge is -2.17. The van der Waals surface area contributed by atoms with Crippen LogP contribution < -0.4 is 5.32 Å². The summed E-state index contributed by atoms with van der Waals surface area (Å²) >= 11 is 0. The van der Waals surface area contributed by atoms with Crippen LogP contribution in [-0.2, 0) is 9.53 Å². The third-order valence-corrected chi connectivity index (χ3v) is 1.67. The van der Waals surface area contributed by atoms with E-state index in [1.54, 1.807) is 0 Å². The molecule has 84 valence electrons. The van der Waals surface area contributed by atoms with Crippen molar-refractivity contribution >= 4 is 5.91 Å². The fourth-order valence-corrected chi connectivity index (χ4v) is 0.808. The zero-order chi connectivity index (χ0) is 11.0. The molecule has 0 aliphatic carbocycles. The van der Waals surface area contributed by atoms with Crippen molar-refractivity contribution in [2.75, 3.05) is 26.4 Å². The van der Waals surface area contributed by atoms with Gasteiger partial charge < -0.3 is 15.2 Å². The highest BCUT2D eigenvalue weighted by Crippen LogP contribution is 2.11. The van der Waals surface area contributed by atoms with E-state index in [9.17, 15) is 4.79 Å². The van der Waals surface area contributed by atoms with E-state index in [1.807, 2.05) is 20.8 Å². The molecular formula is C10H21NO3. The number of hydrogen-bond acceptors (Lipinski definition) is 3. The van der Waals surface area contributed by atoms with E-state index in [1.165, 1.54) is 0 Å². The smallest absolute Gasteiger partial charge is 0.225 e. The number of carbonyl (C=O) groups is 1. The molecule has 0 fully saturated rings. The largest absolute Gasteiger partial charge is 0.394 e. The second-order valence-corrected chi connectivity index (χ2v) is 4.20. The van der Waals surface area contributed by atoms with Gasteiger partial charge in [-0.05, 0) is 6.42 Å². The average molecular weight is 203 g/mol. The summed E-state index contributed by atoms with van der Waals surface area (Å²) in [5.74, 6) is 0.0552. The highest BCUT2D eigenvalue weighted by atomic mass is 16.5.